The Morgan fingerprint density at radius 3 is 2.50 bits per heavy atom. The number of rotatable bonds is 6. The summed E-state index contributed by atoms with van der Waals surface area (Å²) in [6, 6.07) is 13.2. The standard InChI is InChI=1S/C19H19ClN4O2/c1-12-5-4-6-13(9-12)22-19-21-8-7-18(24-19)23-15-11-16(25-2)14(20)10-17(15)26-3/h4-11H,1-3H3,(H2,21,22,23,24). The van der Waals surface area contributed by atoms with Gasteiger partial charge in [0.2, 0.25) is 5.95 Å². The van der Waals surface area contributed by atoms with Crippen LogP contribution in [0, 0.1) is 6.92 Å². The zero-order valence-electron chi connectivity index (χ0n) is 14.7. The van der Waals surface area contributed by atoms with Crippen LogP contribution in [-0.2, 0) is 0 Å². The molecule has 134 valence electrons. The van der Waals surface area contributed by atoms with Crippen LogP contribution in [0.4, 0.5) is 23.1 Å². The Bertz CT molecular complexity index is 918. The third-order valence-corrected chi connectivity index (χ3v) is 3.96. The van der Waals surface area contributed by atoms with E-state index in [1.54, 1.807) is 38.6 Å². The van der Waals surface area contributed by atoms with Crippen molar-refractivity contribution >= 4 is 34.7 Å². The van der Waals surface area contributed by atoms with Crippen LogP contribution in [0.5, 0.6) is 11.5 Å². The van der Waals surface area contributed by atoms with Crippen LogP contribution in [0.2, 0.25) is 5.02 Å². The second kappa shape index (κ2) is 7.93. The van der Waals surface area contributed by atoms with E-state index in [1.165, 1.54) is 0 Å². The molecule has 0 aliphatic rings. The topological polar surface area (TPSA) is 68.3 Å². The van der Waals surface area contributed by atoms with E-state index in [0.29, 0.717) is 34.0 Å². The van der Waals surface area contributed by atoms with Crippen LogP contribution in [0.15, 0.2) is 48.7 Å². The Labute approximate surface area is 157 Å². The molecular weight excluding hydrogens is 352 g/mol. The molecule has 0 amide bonds. The van der Waals surface area contributed by atoms with Gasteiger partial charge in [0, 0.05) is 24.0 Å². The predicted octanol–water partition coefficient (Wildman–Crippen LogP) is 4.94. The van der Waals surface area contributed by atoms with Gasteiger partial charge in [0.25, 0.3) is 0 Å². The molecule has 1 heterocycles. The molecule has 0 radical (unpaired) electrons. The molecule has 0 aliphatic carbocycles. The maximum atomic E-state index is 6.14. The van der Waals surface area contributed by atoms with Crippen molar-refractivity contribution in [3.63, 3.8) is 0 Å². The minimum absolute atomic E-state index is 0.472. The molecule has 0 aliphatic heterocycles. The summed E-state index contributed by atoms with van der Waals surface area (Å²) in [6.45, 7) is 2.03. The number of aromatic nitrogens is 2. The molecular formula is C19H19ClN4O2. The number of nitrogens with one attached hydrogen (secondary N) is 2. The van der Waals surface area contributed by atoms with Crippen LogP contribution >= 0.6 is 11.6 Å². The van der Waals surface area contributed by atoms with Crippen molar-refractivity contribution in [2.24, 2.45) is 0 Å². The summed E-state index contributed by atoms with van der Waals surface area (Å²) in [5.74, 6) is 2.23. The number of nitrogens with zero attached hydrogens (tertiary/aromatic N) is 2. The summed E-state index contributed by atoms with van der Waals surface area (Å²) in [6.07, 6.45) is 1.67. The molecule has 2 aromatic carbocycles. The summed E-state index contributed by atoms with van der Waals surface area (Å²) in [5.41, 5.74) is 2.77. The average molecular weight is 371 g/mol. The van der Waals surface area contributed by atoms with Gasteiger partial charge in [0.05, 0.1) is 24.9 Å². The van der Waals surface area contributed by atoms with E-state index in [-0.39, 0.29) is 0 Å². The minimum atomic E-state index is 0.472. The second-order valence-electron chi connectivity index (χ2n) is 5.57. The zero-order valence-corrected chi connectivity index (χ0v) is 15.5. The summed E-state index contributed by atoms with van der Waals surface area (Å²) in [5, 5.41) is 6.87. The van der Waals surface area contributed by atoms with Crippen LogP contribution < -0.4 is 20.1 Å². The third kappa shape index (κ3) is 4.15. The molecule has 0 unspecified atom stereocenters. The molecule has 0 saturated carbocycles. The van der Waals surface area contributed by atoms with Crippen molar-refractivity contribution in [1.82, 2.24) is 9.97 Å². The Morgan fingerprint density at radius 1 is 0.962 bits per heavy atom. The maximum absolute atomic E-state index is 6.14. The first-order valence-corrected chi connectivity index (χ1v) is 8.32. The summed E-state index contributed by atoms with van der Waals surface area (Å²) >= 11 is 6.14. The number of methoxy groups -OCH3 is 2. The monoisotopic (exact) mass is 370 g/mol. The van der Waals surface area contributed by atoms with Gasteiger partial charge in [-0.1, -0.05) is 23.7 Å². The van der Waals surface area contributed by atoms with Crippen molar-refractivity contribution < 1.29 is 9.47 Å². The number of ether oxygens (including phenoxy) is 2. The lowest BCUT2D eigenvalue weighted by atomic mass is 10.2. The van der Waals surface area contributed by atoms with Crippen molar-refractivity contribution in [2.45, 2.75) is 6.92 Å². The van der Waals surface area contributed by atoms with E-state index in [9.17, 15) is 0 Å². The largest absolute Gasteiger partial charge is 0.495 e. The molecule has 0 fully saturated rings. The predicted molar refractivity (Wildman–Crippen MR) is 104 cm³/mol. The third-order valence-electron chi connectivity index (χ3n) is 3.67. The highest BCUT2D eigenvalue weighted by Gasteiger charge is 2.11. The molecule has 3 rings (SSSR count). The summed E-state index contributed by atoms with van der Waals surface area (Å²) in [4.78, 5) is 8.74. The molecule has 0 bridgehead atoms. The lowest BCUT2D eigenvalue weighted by Gasteiger charge is -2.14. The van der Waals surface area contributed by atoms with Crippen LogP contribution in [0.1, 0.15) is 5.56 Å². The Kier molecular flexibility index (Phi) is 5.43. The lowest BCUT2D eigenvalue weighted by molar-refractivity contribution is 0.405. The molecule has 26 heavy (non-hydrogen) atoms. The second-order valence-corrected chi connectivity index (χ2v) is 5.98. The highest BCUT2D eigenvalue weighted by molar-refractivity contribution is 6.32. The number of hydrogen-bond acceptors (Lipinski definition) is 6. The Morgan fingerprint density at radius 2 is 1.77 bits per heavy atom. The molecule has 3 aromatic rings. The summed E-state index contributed by atoms with van der Waals surface area (Å²) < 4.78 is 10.6. The first kappa shape index (κ1) is 17.8. The zero-order chi connectivity index (χ0) is 18.5. The Balaban J connectivity index is 1.85. The highest BCUT2D eigenvalue weighted by Crippen LogP contribution is 2.37. The lowest BCUT2D eigenvalue weighted by Crippen LogP contribution is -2.02. The minimum Gasteiger partial charge on any atom is -0.495 e. The van der Waals surface area contributed by atoms with Gasteiger partial charge in [-0.25, -0.2) is 4.98 Å². The van der Waals surface area contributed by atoms with Gasteiger partial charge in [-0.3, -0.25) is 0 Å². The van der Waals surface area contributed by atoms with Gasteiger partial charge < -0.3 is 20.1 Å². The van der Waals surface area contributed by atoms with E-state index in [0.717, 1.165) is 11.3 Å². The van der Waals surface area contributed by atoms with Gasteiger partial charge in [0.1, 0.15) is 17.3 Å². The van der Waals surface area contributed by atoms with Crippen LogP contribution in [0.3, 0.4) is 0 Å². The molecule has 1 aromatic heterocycles. The van der Waals surface area contributed by atoms with Gasteiger partial charge >= 0.3 is 0 Å². The fourth-order valence-corrected chi connectivity index (χ4v) is 2.67. The van der Waals surface area contributed by atoms with Crippen LogP contribution in [0.25, 0.3) is 0 Å². The van der Waals surface area contributed by atoms with E-state index >= 15 is 0 Å². The van der Waals surface area contributed by atoms with Gasteiger partial charge in [0.15, 0.2) is 0 Å². The van der Waals surface area contributed by atoms with Crippen molar-refractivity contribution in [3.8, 4) is 11.5 Å². The van der Waals surface area contributed by atoms with Crippen LogP contribution in [-0.4, -0.2) is 24.2 Å². The van der Waals surface area contributed by atoms with E-state index < -0.39 is 0 Å². The SMILES string of the molecule is COc1cc(Nc2ccnc(Nc3cccc(C)c3)n2)c(OC)cc1Cl. The first-order chi connectivity index (χ1) is 12.6. The quantitative estimate of drug-likeness (QED) is 0.640. The summed E-state index contributed by atoms with van der Waals surface area (Å²) in [7, 11) is 3.14. The fourth-order valence-electron chi connectivity index (χ4n) is 2.44. The van der Waals surface area contributed by atoms with Crippen molar-refractivity contribution in [3.05, 3.63) is 59.2 Å². The van der Waals surface area contributed by atoms with E-state index in [4.69, 9.17) is 21.1 Å². The van der Waals surface area contributed by atoms with E-state index in [2.05, 4.69) is 20.6 Å². The molecule has 7 heteroatoms. The van der Waals surface area contributed by atoms with Crippen molar-refractivity contribution in [1.29, 1.82) is 0 Å². The van der Waals surface area contributed by atoms with Gasteiger partial charge in [-0.2, -0.15) is 4.98 Å². The number of halogens is 1. The maximum Gasteiger partial charge on any atom is 0.229 e. The van der Waals surface area contributed by atoms with Gasteiger partial charge in [-0.05, 0) is 30.7 Å². The average Bonchev–Trinajstić information content (AvgIpc) is 2.63. The number of hydrogen-bond donors (Lipinski definition) is 2. The normalized spacial score (nSPS) is 10.3. The number of anilines is 4. The Hall–Kier alpha value is -2.99. The molecule has 0 saturated heterocycles. The highest BCUT2D eigenvalue weighted by atomic mass is 35.5. The van der Waals surface area contributed by atoms with Gasteiger partial charge in [-0.15, -0.1) is 0 Å². The molecule has 2 N–H and O–H groups in total. The number of aryl methyl sites for hydroxylation is 1. The van der Waals surface area contributed by atoms with E-state index in [1.807, 2.05) is 31.2 Å². The first-order valence-electron chi connectivity index (χ1n) is 7.94. The number of benzene rings is 2. The molecule has 0 atom stereocenters. The smallest absolute Gasteiger partial charge is 0.229 e. The van der Waals surface area contributed by atoms with Crippen molar-refractivity contribution in [2.75, 3.05) is 24.9 Å². The molecule has 0 spiro atoms. The fraction of sp³-hybridized carbons (Fsp3) is 0.158. The molecule has 6 nitrogen and oxygen atoms in total.